The maximum Gasteiger partial charge on any atom is 0.343 e. The molecule has 2 heterocycles. The first kappa shape index (κ1) is 18.2. The van der Waals surface area contributed by atoms with Crippen molar-refractivity contribution < 1.29 is 9.53 Å². The van der Waals surface area contributed by atoms with Gasteiger partial charge in [-0.2, -0.15) is 0 Å². The Morgan fingerprint density at radius 2 is 1.89 bits per heavy atom. The average Bonchev–Trinajstić information content (AvgIpc) is 3.12. The summed E-state index contributed by atoms with van der Waals surface area (Å²) in [6.45, 7) is 7.40. The number of carbonyl (C=O) groups excluding carboxylic acids is 1. The van der Waals surface area contributed by atoms with E-state index in [0.29, 0.717) is 16.3 Å². The second kappa shape index (κ2) is 7.84. The van der Waals surface area contributed by atoms with Gasteiger partial charge in [-0.3, -0.25) is 0 Å². The van der Waals surface area contributed by atoms with Gasteiger partial charge in [-0.05, 0) is 42.9 Å². The van der Waals surface area contributed by atoms with Crippen molar-refractivity contribution in [3.05, 3.63) is 53.1 Å². The first-order valence-corrected chi connectivity index (χ1v) is 10.2. The van der Waals surface area contributed by atoms with E-state index in [4.69, 9.17) is 21.3 Å². The third-order valence-corrected chi connectivity index (χ3v) is 6.06. The highest BCUT2D eigenvalue weighted by Gasteiger charge is 2.19. The molecule has 140 valence electrons. The van der Waals surface area contributed by atoms with Crippen LogP contribution in [0.4, 0.5) is 5.13 Å². The van der Waals surface area contributed by atoms with E-state index in [1.807, 2.05) is 12.1 Å². The number of aromatic nitrogens is 1. The van der Waals surface area contributed by atoms with Gasteiger partial charge in [0.2, 0.25) is 0 Å². The Kier molecular flexibility index (Phi) is 5.29. The highest BCUT2D eigenvalue weighted by molar-refractivity contribution is 7.22. The lowest BCUT2D eigenvalue weighted by atomic mass is 10.2. The molecule has 0 saturated carbocycles. The van der Waals surface area contributed by atoms with Crippen LogP contribution in [0.5, 0.6) is 5.75 Å². The monoisotopic (exact) mass is 401 g/mol. The molecule has 0 amide bonds. The number of benzene rings is 2. The molecule has 0 bridgehead atoms. The fourth-order valence-corrected chi connectivity index (χ4v) is 4.27. The largest absolute Gasteiger partial charge is 0.423 e. The van der Waals surface area contributed by atoms with Crippen molar-refractivity contribution in [2.45, 2.75) is 6.92 Å². The van der Waals surface area contributed by atoms with Crippen LogP contribution >= 0.6 is 22.9 Å². The SMILES string of the molecule is CCN1CCN(c2nc3ccc(OC(=O)c4ccc(Cl)cc4)cc3s2)CC1. The zero-order valence-electron chi connectivity index (χ0n) is 15.0. The van der Waals surface area contributed by atoms with E-state index in [9.17, 15) is 4.79 Å². The quantitative estimate of drug-likeness (QED) is 0.481. The van der Waals surface area contributed by atoms with Crippen LogP contribution in [-0.4, -0.2) is 48.6 Å². The third-order valence-electron chi connectivity index (χ3n) is 4.73. The van der Waals surface area contributed by atoms with E-state index >= 15 is 0 Å². The highest BCUT2D eigenvalue weighted by Crippen LogP contribution is 2.32. The Hall–Kier alpha value is -2.15. The van der Waals surface area contributed by atoms with E-state index in [-0.39, 0.29) is 0 Å². The zero-order chi connectivity index (χ0) is 18.8. The lowest BCUT2D eigenvalue weighted by Crippen LogP contribution is -2.46. The van der Waals surface area contributed by atoms with Crippen LogP contribution in [0, 0.1) is 0 Å². The zero-order valence-corrected chi connectivity index (χ0v) is 16.6. The molecule has 1 saturated heterocycles. The van der Waals surface area contributed by atoms with Gasteiger partial charge in [-0.1, -0.05) is 29.9 Å². The lowest BCUT2D eigenvalue weighted by molar-refractivity contribution is 0.0735. The molecule has 1 aromatic heterocycles. The normalized spacial score (nSPS) is 15.3. The smallest absolute Gasteiger partial charge is 0.343 e. The van der Waals surface area contributed by atoms with Gasteiger partial charge < -0.3 is 14.5 Å². The standard InChI is InChI=1S/C20H20ClN3O2S/c1-2-23-9-11-24(12-10-23)20-22-17-8-7-16(13-18(17)27-20)26-19(25)14-3-5-15(21)6-4-14/h3-8,13H,2,9-12H2,1H3. The molecular weight excluding hydrogens is 382 g/mol. The van der Waals surface area contributed by atoms with E-state index in [1.165, 1.54) is 0 Å². The topological polar surface area (TPSA) is 45.7 Å². The molecule has 0 N–H and O–H groups in total. The van der Waals surface area contributed by atoms with E-state index < -0.39 is 5.97 Å². The second-order valence-electron chi connectivity index (χ2n) is 6.44. The van der Waals surface area contributed by atoms with Crippen molar-refractivity contribution in [3.8, 4) is 5.75 Å². The Labute approximate surface area is 167 Å². The molecule has 5 nitrogen and oxygen atoms in total. The number of anilines is 1. The predicted molar refractivity (Wildman–Crippen MR) is 110 cm³/mol. The minimum Gasteiger partial charge on any atom is -0.423 e. The van der Waals surface area contributed by atoms with Gasteiger partial charge in [-0.25, -0.2) is 9.78 Å². The number of likely N-dealkylation sites (N-methyl/N-ethyl adjacent to an activating group) is 1. The molecule has 0 spiro atoms. The van der Waals surface area contributed by atoms with E-state index in [1.54, 1.807) is 41.7 Å². The number of nitrogens with zero attached hydrogens (tertiary/aromatic N) is 3. The molecule has 3 aromatic rings. The fraction of sp³-hybridized carbons (Fsp3) is 0.300. The van der Waals surface area contributed by atoms with Crippen molar-refractivity contribution in [2.75, 3.05) is 37.6 Å². The maximum atomic E-state index is 12.3. The number of piperazine rings is 1. The summed E-state index contributed by atoms with van der Waals surface area (Å²) in [4.78, 5) is 21.8. The number of thiazole rings is 1. The van der Waals surface area contributed by atoms with Gasteiger partial charge >= 0.3 is 5.97 Å². The highest BCUT2D eigenvalue weighted by atomic mass is 35.5. The Balaban J connectivity index is 1.49. The molecule has 27 heavy (non-hydrogen) atoms. The molecule has 0 radical (unpaired) electrons. The Morgan fingerprint density at radius 1 is 1.15 bits per heavy atom. The molecule has 0 aliphatic carbocycles. The first-order valence-electron chi connectivity index (χ1n) is 8.98. The second-order valence-corrected chi connectivity index (χ2v) is 7.89. The number of fused-ring (bicyclic) bond motifs is 1. The summed E-state index contributed by atoms with van der Waals surface area (Å²) in [5.74, 6) is 0.125. The Morgan fingerprint density at radius 3 is 2.59 bits per heavy atom. The van der Waals surface area contributed by atoms with E-state index in [0.717, 1.165) is 48.1 Å². The van der Waals surface area contributed by atoms with Crippen molar-refractivity contribution >= 4 is 44.3 Å². The molecule has 1 aliphatic heterocycles. The molecule has 2 aromatic carbocycles. The molecular formula is C20H20ClN3O2S. The van der Waals surface area contributed by atoms with Crippen LogP contribution in [0.1, 0.15) is 17.3 Å². The number of rotatable bonds is 4. The molecule has 7 heteroatoms. The summed E-state index contributed by atoms with van der Waals surface area (Å²) < 4.78 is 6.53. The summed E-state index contributed by atoms with van der Waals surface area (Å²) in [5, 5.41) is 1.62. The van der Waals surface area contributed by atoms with Gasteiger partial charge in [-0.15, -0.1) is 0 Å². The maximum absolute atomic E-state index is 12.3. The molecule has 4 rings (SSSR count). The van der Waals surface area contributed by atoms with Crippen molar-refractivity contribution in [2.24, 2.45) is 0 Å². The Bertz CT molecular complexity index is 950. The van der Waals surface area contributed by atoms with Crippen molar-refractivity contribution in [3.63, 3.8) is 0 Å². The fourth-order valence-electron chi connectivity index (χ4n) is 3.10. The lowest BCUT2D eigenvalue weighted by Gasteiger charge is -2.33. The van der Waals surface area contributed by atoms with Crippen LogP contribution in [-0.2, 0) is 0 Å². The number of halogens is 1. The summed E-state index contributed by atoms with van der Waals surface area (Å²) >= 11 is 7.50. The van der Waals surface area contributed by atoms with Crippen molar-refractivity contribution in [1.82, 2.24) is 9.88 Å². The van der Waals surface area contributed by atoms with Crippen LogP contribution in [0.2, 0.25) is 5.02 Å². The van der Waals surface area contributed by atoms with Gasteiger partial charge in [0.05, 0.1) is 15.8 Å². The summed E-state index contributed by atoms with van der Waals surface area (Å²) in [6, 6.07) is 12.2. The van der Waals surface area contributed by atoms with Gasteiger partial charge in [0.1, 0.15) is 5.75 Å². The van der Waals surface area contributed by atoms with Gasteiger partial charge in [0, 0.05) is 37.3 Å². The minimum atomic E-state index is -0.397. The summed E-state index contributed by atoms with van der Waals surface area (Å²) in [7, 11) is 0. The molecule has 0 atom stereocenters. The predicted octanol–water partition coefficient (Wildman–Crippen LogP) is 4.31. The molecule has 1 fully saturated rings. The van der Waals surface area contributed by atoms with Gasteiger partial charge in [0.25, 0.3) is 0 Å². The van der Waals surface area contributed by atoms with E-state index in [2.05, 4.69) is 16.7 Å². The number of esters is 1. The number of hydrogen-bond acceptors (Lipinski definition) is 6. The summed E-state index contributed by atoms with van der Waals surface area (Å²) in [5.41, 5.74) is 1.40. The number of carbonyl (C=O) groups is 1. The van der Waals surface area contributed by atoms with Crippen LogP contribution in [0.25, 0.3) is 10.2 Å². The van der Waals surface area contributed by atoms with Crippen LogP contribution in [0.3, 0.4) is 0 Å². The molecule has 1 aliphatic rings. The first-order chi connectivity index (χ1) is 13.1. The van der Waals surface area contributed by atoms with Crippen LogP contribution in [0.15, 0.2) is 42.5 Å². The van der Waals surface area contributed by atoms with Gasteiger partial charge in [0.15, 0.2) is 5.13 Å². The molecule has 0 unspecified atom stereocenters. The number of hydrogen-bond donors (Lipinski definition) is 0. The van der Waals surface area contributed by atoms with Crippen LogP contribution < -0.4 is 9.64 Å². The minimum absolute atomic E-state index is 0.397. The average molecular weight is 402 g/mol. The van der Waals surface area contributed by atoms with Crippen molar-refractivity contribution in [1.29, 1.82) is 0 Å². The number of ether oxygens (including phenoxy) is 1. The summed E-state index contributed by atoms with van der Waals surface area (Å²) in [6.07, 6.45) is 0. The third kappa shape index (κ3) is 4.08.